The molecule has 0 bridgehead atoms. The van der Waals surface area contributed by atoms with Gasteiger partial charge in [-0.15, -0.1) is 0 Å². The molecule has 1 amide bonds. The first-order valence-corrected chi connectivity index (χ1v) is 11.6. The SMILES string of the molecule is C=C(C)c1nc(C(N)=O)c(Nc2cnn(C3CCN(CC)CC3)c2)nc1Oc1cccc([N+](=O)[O-])c1. The van der Waals surface area contributed by atoms with E-state index in [-0.39, 0.29) is 40.6 Å². The second-order valence-electron chi connectivity index (χ2n) is 8.58. The van der Waals surface area contributed by atoms with Crippen LogP contribution in [0.3, 0.4) is 0 Å². The number of carbonyl (C=O) groups is 1. The van der Waals surface area contributed by atoms with Gasteiger partial charge in [0.15, 0.2) is 11.5 Å². The Labute approximate surface area is 207 Å². The van der Waals surface area contributed by atoms with Gasteiger partial charge in [-0.3, -0.25) is 19.6 Å². The summed E-state index contributed by atoms with van der Waals surface area (Å²) >= 11 is 0. The number of amides is 1. The van der Waals surface area contributed by atoms with E-state index >= 15 is 0 Å². The van der Waals surface area contributed by atoms with E-state index in [1.807, 2.05) is 10.9 Å². The highest BCUT2D eigenvalue weighted by atomic mass is 16.6. The average molecular weight is 493 g/mol. The van der Waals surface area contributed by atoms with E-state index in [1.54, 1.807) is 19.2 Å². The summed E-state index contributed by atoms with van der Waals surface area (Å²) in [5.74, 6) is -0.498. The number of nitro benzene ring substituents is 1. The van der Waals surface area contributed by atoms with Crippen LogP contribution in [0.1, 0.15) is 48.9 Å². The lowest BCUT2D eigenvalue weighted by molar-refractivity contribution is -0.384. The van der Waals surface area contributed by atoms with Gasteiger partial charge in [0.05, 0.1) is 28.9 Å². The Hall–Kier alpha value is -4.32. The number of hydrogen-bond acceptors (Lipinski definition) is 9. The average Bonchev–Trinajstić information content (AvgIpc) is 3.32. The van der Waals surface area contributed by atoms with Crippen LogP contribution < -0.4 is 15.8 Å². The minimum Gasteiger partial charge on any atom is -0.437 e. The number of likely N-dealkylation sites (tertiary alicyclic amines) is 1. The Balaban J connectivity index is 1.63. The molecule has 2 aromatic heterocycles. The first-order chi connectivity index (χ1) is 17.2. The summed E-state index contributed by atoms with van der Waals surface area (Å²) in [4.78, 5) is 34.0. The zero-order valence-electron chi connectivity index (χ0n) is 20.2. The third-order valence-corrected chi connectivity index (χ3v) is 5.99. The second kappa shape index (κ2) is 10.5. The molecule has 0 aliphatic carbocycles. The number of carbonyl (C=O) groups excluding carboxylic acids is 1. The molecule has 12 nitrogen and oxygen atoms in total. The van der Waals surface area contributed by atoms with Gasteiger partial charge in [-0.25, -0.2) is 4.98 Å². The summed E-state index contributed by atoms with van der Waals surface area (Å²) in [5.41, 5.74) is 6.65. The van der Waals surface area contributed by atoms with Gasteiger partial charge in [-0.05, 0) is 37.9 Å². The summed E-state index contributed by atoms with van der Waals surface area (Å²) in [6, 6.07) is 5.96. The van der Waals surface area contributed by atoms with Crippen LogP contribution in [0.25, 0.3) is 5.57 Å². The maximum absolute atomic E-state index is 12.2. The molecule has 4 rings (SSSR count). The number of non-ortho nitro benzene ring substituents is 1. The van der Waals surface area contributed by atoms with E-state index in [9.17, 15) is 14.9 Å². The number of piperidine rings is 1. The second-order valence-corrected chi connectivity index (χ2v) is 8.58. The van der Waals surface area contributed by atoms with Crippen LogP contribution in [0.15, 0.2) is 43.2 Å². The van der Waals surface area contributed by atoms with E-state index in [4.69, 9.17) is 10.5 Å². The van der Waals surface area contributed by atoms with Crippen LogP contribution in [0.2, 0.25) is 0 Å². The summed E-state index contributed by atoms with van der Waals surface area (Å²) < 4.78 is 7.75. The Morgan fingerprint density at radius 1 is 1.31 bits per heavy atom. The van der Waals surface area contributed by atoms with E-state index < -0.39 is 10.8 Å². The van der Waals surface area contributed by atoms with Gasteiger partial charge >= 0.3 is 0 Å². The van der Waals surface area contributed by atoms with Crippen LogP contribution in [-0.4, -0.2) is 55.1 Å². The summed E-state index contributed by atoms with van der Waals surface area (Å²) in [6.45, 7) is 10.8. The number of nitrogens with one attached hydrogen (secondary N) is 1. The van der Waals surface area contributed by atoms with Gasteiger partial charge in [0, 0.05) is 25.4 Å². The van der Waals surface area contributed by atoms with Crippen LogP contribution >= 0.6 is 0 Å². The minimum absolute atomic E-state index is 0.0230. The van der Waals surface area contributed by atoms with Crippen molar-refractivity contribution in [2.45, 2.75) is 32.7 Å². The topological polar surface area (TPSA) is 154 Å². The molecule has 3 aromatic rings. The molecule has 1 saturated heterocycles. The van der Waals surface area contributed by atoms with E-state index in [0.29, 0.717) is 11.3 Å². The predicted octanol–water partition coefficient (Wildman–Crippen LogP) is 3.91. The van der Waals surface area contributed by atoms with Crippen molar-refractivity contribution in [3.63, 3.8) is 0 Å². The van der Waals surface area contributed by atoms with Crippen molar-refractivity contribution in [2.75, 3.05) is 25.0 Å². The molecule has 1 aromatic carbocycles. The molecular formula is C24H28N8O4. The van der Waals surface area contributed by atoms with E-state index in [0.717, 1.165) is 32.5 Å². The van der Waals surface area contributed by atoms with Gasteiger partial charge in [0.1, 0.15) is 11.4 Å². The van der Waals surface area contributed by atoms with Crippen molar-refractivity contribution >= 4 is 28.7 Å². The summed E-state index contributed by atoms with van der Waals surface area (Å²) in [7, 11) is 0. The van der Waals surface area contributed by atoms with E-state index in [1.165, 1.54) is 18.2 Å². The first-order valence-electron chi connectivity index (χ1n) is 11.6. The lowest BCUT2D eigenvalue weighted by Gasteiger charge is -2.31. The fourth-order valence-electron chi connectivity index (χ4n) is 4.04. The molecule has 1 aliphatic heterocycles. The van der Waals surface area contributed by atoms with Crippen molar-refractivity contribution in [1.82, 2.24) is 24.6 Å². The van der Waals surface area contributed by atoms with Gasteiger partial charge in [-0.2, -0.15) is 10.1 Å². The molecule has 1 aliphatic rings. The van der Waals surface area contributed by atoms with E-state index in [2.05, 4.69) is 38.8 Å². The Kier molecular flexibility index (Phi) is 7.25. The van der Waals surface area contributed by atoms with Crippen LogP contribution in [0.4, 0.5) is 17.2 Å². The molecule has 36 heavy (non-hydrogen) atoms. The standard InChI is InChI=1S/C24H28N8O4/c1-4-30-10-8-17(9-11-30)31-14-16(13-26-31)27-23-21(22(25)33)28-20(15(2)3)24(29-23)36-19-7-5-6-18(12-19)32(34)35/h5-7,12-14,17H,2,4,8-11H2,1,3H3,(H2,25,33)(H,27,29). The predicted molar refractivity (Wildman–Crippen MR) is 134 cm³/mol. The number of aromatic nitrogens is 4. The fourth-order valence-corrected chi connectivity index (χ4v) is 4.04. The zero-order chi connectivity index (χ0) is 25.8. The smallest absolute Gasteiger partial charge is 0.273 e. The maximum Gasteiger partial charge on any atom is 0.273 e. The number of benzene rings is 1. The number of primary amides is 1. The van der Waals surface area contributed by atoms with Crippen molar-refractivity contribution in [1.29, 1.82) is 0 Å². The molecule has 3 heterocycles. The highest BCUT2D eigenvalue weighted by Gasteiger charge is 2.23. The molecule has 0 saturated carbocycles. The molecule has 1 fully saturated rings. The third kappa shape index (κ3) is 5.49. The van der Waals surface area contributed by atoms with Crippen molar-refractivity contribution in [2.24, 2.45) is 5.73 Å². The van der Waals surface area contributed by atoms with Gasteiger partial charge < -0.3 is 20.7 Å². The Morgan fingerprint density at radius 3 is 2.69 bits per heavy atom. The molecule has 0 spiro atoms. The molecular weight excluding hydrogens is 464 g/mol. The summed E-state index contributed by atoms with van der Waals surface area (Å²) in [6.07, 6.45) is 5.49. The number of nitro groups is 1. The lowest BCUT2D eigenvalue weighted by Crippen LogP contribution is -2.34. The van der Waals surface area contributed by atoms with Crippen molar-refractivity contribution in [3.05, 3.63) is 64.7 Å². The Morgan fingerprint density at radius 2 is 2.06 bits per heavy atom. The van der Waals surface area contributed by atoms with Crippen molar-refractivity contribution in [3.8, 4) is 11.6 Å². The number of ether oxygens (including phenoxy) is 1. The number of nitrogens with two attached hydrogens (primary N) is 1. The largest absolute Gasteiger partial charge is 0.437 e. The maximum atomic E-state index is 12.2. The molecule has 0 radical (unpaired) electrons. The number of allylic oxidation sites excluding steroid dienone is 1. The molecule has 0 unspecified atom stereocenters. The lowest BCUT2D eigenvalue weighted by atomic mass is 10.1. The molecule has 3 N–H and O–H groups in total. The van der Waals surface area contributed by atoms with Gasteiger partial charge in [0.2, 0.25) is 5.88 Å². The number of hydrogen-bond donors (Lipinski definition) is 2. The fraction of sp³-hybridized carbons (Fsp3) is 0.333. The first kappa shape index (κ1) is 24.8. The molecule has 0 atom stereocenters. The highest BCUT2D eigenvalue weighted by Crippen LogP contribution is 2.32. The molecule has 12 heteroatoms. The third-order valence-electron chi connectivity index (χ3n) is 5.99. The van der Waals surface area contributed by atoms with Gasteiger partial charge in [-0.1, -0.05) is 19.6 Å². The Bertz CT molecular complexity index is 1300. The van der Waals surface area contributed by atoms with Crippen LogP contribution in [-0.2, 0) is 0 Å². The number of rotatable bonds is 9. The number of anilines is 2. The van der Waals surface area contributed by atoms with Crippen LogP contribution in [0, 0.1) is 10.1 Å². The quantitative estimate of drug-likeness (QED) is 0.334. The van der Waals surface area contributed by atoms with Crippen molar-refractivity contribution < 1.29 is 14.5 Å². The molecule has 188 valence electrons. The number of nitrogens with zero attached hydrogens (tertiary/aromatic N) is 6. The summed E-state index contributed by atoms with van der Waals surface area (Å²) in [5, 5.41) is 18.7. The minimum atomic E-state index is -0.784. The monoisotopic (exact) mass is 492 g/mol. The normalized spacial score (nSPS) is 14.4. The van der Waals surface area contributed by atoms with Crippen LogP contribution in [0.5, 0.6) is 11.6 Å². The highest BCUT2D eigenvalue weighted by molar-refractivity contribution is 5.96. The zero-order valence-corrected chi connectivity index (χ0v) is 20.2. The van der Waals surface area contributed by atoms with Gasteiger partial charge in [0.25, 0.3) is 11.6 Å².